The van der Waals surface area contributed by atoms with Gasteiger partial charge in [-0.15, -0.1) is 10.2 Å². The fourth-order valence-corrected chi connectivity index (χ4v) is 2.08. The molecule has 0 bridgehead atoms. The Hall–Kier alpha value is -0.840. The zero-order valence-electron chi connectivity index (χ0n) is 9.76. The Labute approximate surface area is 124 Å². The van der Waals surface area contributed by atoms with Gasteiger partial charge in [-0.2, -0.15) is 0 Å². The molecule has 0 saturated heterocycles. The molecule has 0 fully saturated rings. The van der Waals surface area contributed by atoms with Crippen LogP contribution in [0, 0.1) is 13.8 Å². The molecule has 0 amide bonds. The smallest absolute Gasteiger partial charge is 0.156 e. The van der Waals surface area contributed by atoms with Gasteiger partial charge in [0, 0.05) is 10.2 Å². The highest BCUT2D eigenvalue weighted by Gasteiger charge is 2.08. The van der Waals surface area contributed by atoms with E-state index in [9.17, 15) is 0 Å². The summed E-state index contributed by atoms with van der Waals surface area (Å²) < 4.78 is 0.825. The van der Waals surface area contributed by atoms with Crippen LogP contribution in [-0.4, -0.2) is 10.2 Å². The van der Waals surface area contributed by atoms with Gasteiger partial charge in [-0.05, 0) is 59.1 Å². The van der Waals surface area contributed by atoms with E-state index in [4.69, 9.17) is 23.2 Å². The molecule has 1 N–H and O–H groups in total. The standard InChI is InChI=1S/C12H10BrCl2N3/c1-6-7(2)12(18-17-11(6)15)16-8-3-4-10(14)9(13)5-8/h3-5H,1-2H3,(H,16,18). The lowest BCUT2D eigenvalue weighted by atomic mass is 10.2. The first-order chi connectivity index (χ1) is 8.49. The second-order valence-electron chi connectivity index (χ2n) is 3.84. The number of aromatic nitrogens is 2. The van der Waals surface area contributed by atoms with E-state index in [0.29, 0.717) is 16.0 Å². The van der Waals surface area contributed by atoms with Crippen molar-refractivity contribution in [1.29, 1.82) is 0 Å². The van der Waals surface area contributed by atoms with E-state index in [2.05, 4.69) is 31.4 Å². The van der Waals surface area contributed by atoms with E-state index in [1.807, 2.05) is 26.0 Å². The molecule has 2 rings (SSSR count). The first kappa shape index (κ1) is 13.6. The quantitative estimate of drug-likeness (QED) is 0.839. The number of benzene rings is 1. The summed E-state index contributed by atoms with van der Waals surface area (Å²) in [5.74, 6) is 0.686. The molecule has 3 nitrogen and oxygen atoms in total. The minimum Gasteiger partial charge on any atom is -0.338 e. The Balaban J connectivity index is 2.34. The molecule has 6 heteroatoms. The molecule has 0 aliphatic rings. The van der Waals surface area contributed by atoms with Crippen molar-refractivity contribution in [2.45, 2.75) is 13.8 Å². The van der Waals surface area contributed by atoms with Crippen molar-refractivity contribution in [1.82, 2.24) is 10.2 Å². The average molecular weight is 347 g/mol. The molecule has 1 heterocycles. The maximum absolute atomic E-state index is 5.94. The zero-order valence-corrected chi connectivity index (χ0v) is 12.9. The summed E-state index contributed by atoms with van der Waals surface area (Å²) in [4.78, 5) is 0. The molecule has 1 aromatic carbocycles. The van der Waals surface area contributed by atoms with Crippen LogP contribution in [0.5, 0.6) is 0 Å². The number of halogens is 3. The summed E-state index contributed by atoms with van der Waals surface area (Å²) in [7, 11) is 0. The van der Waals surface area contributed by atoms with Crippen LogP contribution < -0.4 is 5.32 Å². The summed E-state index contributed by atoms with van der Waals surface area (Å²) in [5, 5.41) is 12.2. The molecular weight excluding hydrogens is 337 g/mol. The van der Waals surface area contributed by atoms with E-state index >= 15 is 0 Å². The van der Waals surface area contributed by atoms with Crippen LogP contribution in [0.2, 0.25) is 10.2 Å². The zero-order chi connectivity index (χ0) is 13.3. The monoisotopic (exact) mass is 345 g/mol. The highest BCUT2D eigenvalue weighted by atomic mass is 79.9. The molecule has 0 aliphatic heterocycles. The first-order valence-corrected chi connectivity index (χ1v) is 6.75. The van der Waals surface area contributed by atoms with Crippen molar-refractivity contribution in [3.63, 3.8) is 0 Å². The molecule has 0 radical (unpaired) electrons. The fraction of sp³-hybridized carbons (Fsp3) is 0.167. The predicted octanol–water partition coefficient (Wildman–Crippen LogP) is 4.91. The lowest BCUT2D eigenvalue weighted by Gasteiger charge is -2.10. The first-order valence-electron chi connectivity index (χ1n) is 5.20. The summed E-state index contributed by atoms with van der Waals surface area (Å²) >= 11 is 15.2. The minimum absolute atomic E-state index is 0.426. The van der Waals surface area contributed by atoms with E-state index < -0.39 is 0 Å². The molecule has 18 heavy (non-hydrogen) atoms. The number of rotatable bonds is 2. The van der Waals surface area contributed by atoms with Crippen molar-refractivity contribution < 1.29 is 0 Å². The molecule has 0 unspecified atom stereocenters. The van der Waals surface area contributed by atoms with E-state index in [0.717, 1.165) is 21.3 Å². The second-order valence-corrected chi connectivity index (χ2v) is 5.46. The molecule has 1 aromatic heterocycles. The topological polar surface area (TPSA) is 37.8 Å². The van der Waals surface area contributed by atoms with Gasteiger partial charge in [0.2, 0.25) is 0 Å². The van der Waals surface area contributed by atoms with Crippen LogP contribution in [0.15, 0.2) is 22.7 Å². The Morgan fingerprint density at radius 3 is 2.50 bits per heavy atom. The normalized spacial score (nSPS) is 10.5. The van der Waals surface area contributed by atoms with Crippen LogP contribution in [-0.2, 0) is 0 Å². The van der Waals surface area contributed by atoms with Gasteiger partial charge < -0.3 is 5.32 Å². The molecule has 0 saturated carbocycles. The van der Waals surface area contributed by atoms with Crippen LogP contribution in [0.4, 0.5) is 11.5 Å². The third-order valence-corrected chi connectivity index (χ3v) is 4.22. The van der Waals surface area contributed by atoms with Crippen molar-refractivity contribution in [3.05, 3.63) is 44.0 Å². The Morgan fingerprint density at radius 1 is 1.11 bits per heavy atom. The average Bonchev–Trinajstić information content (AvgIpc) is 2.34. The lowest BCUT2D eigenvalue weighted by Crippen LogP contribution is -2.01. The van der Waals surface area contributed by atoms with E-state index in [1.54, 1.807) is 6.07 Å². The predicted molar refractivity (Wildman–Crippen MR) is 79.0 cm³/mol. The van der Waals surface area contributed by atoms with Crippen LogP contribution in [0.25, 0.3) is 0 Å². The van der Waals surface area contributed by atoms with Gasteiger partial charge in [0.25, 0.3) is 0 Å². The highest BCUT2D eigenvalue weighted by molar-refractivity contribution is 9.10. The maximum Gasteiger partial charge on any atom is 0.156 e. The minimum atomic E-state index is 0.426. The molecule has 0 spiro atoms. The summed E-state index contributed by atoms with van der Waals surface area (Å²) in [6, 6.07) is 5.56. The molecule has 0 atom stereocenters. The number of anilines is 2. The molecule has 2 aromatic rings. The van der Waals surface area contributed by atoms with Gasteiger partial charge in [-0.25, -0.2) is 0 Å². The van der Waals surface area contributed by atoms with Gasteiger partial charge in [0.05, 0.1) is 5.02 Å². The van der Waals surface area contributed by atoms with E-state index in [-0.39, 0.29) is 0 Å². The number of hydrogen-bond acceptors (Lipinski definition) is 3. The molecule has 0 aliphatic carbocycles. The van der Waals surface area contributed by atoms with Gasteiger partial charge in [-0.1, -0.05) is 23.2 Å². The van der Waals surface area contributed by atoms with Crippen molar-refractivity contribution >= 4 is 50.6 Å². The third-order valence-electron chi connectivity index (χ3n) is 2.65. The largest absolute Gasteiger partial charge is 0.338 e. The highest BCUT2D eigenvalue weighted by Crippen LogP contribution is 2.28. The second kappa shape index (κ2) is 5.43. The summed E-state index contributed by atoms with van der Waals surface area (Å²) in [6.07, 6.45) is 0. The number of nitrogens with one attached hydrogen (secondary N) is 1. The number of nitrogens with zero attached hydrogens (tertiary/aromatic N) is 2. The van der Waals surface area contributed by atoms with Gasteiger partial charge in [0.15, 0.2) is 11.0 Å². The van der Waals surface area contributed by atoms with Crippen LogP contribution >= 0.6 is 39.1 Å². The Morgan fingerprint density at radius 2 is 1.83 bits per heavy atom. The van der Waals surface area contributed by atoms with Gasteiger partial charge in [0.1, 0.15) is 0 Å². The SMILES string of the molecule is Cc1c(Cl)nnc(Nc2ccc(Cl)c(Br)c2)c1C. The van der Waals surface area contributed by atoms with Crippen LogP contribution in [0.3, 0.4) is 0 Å². The van der Waals surface area contributed by atoms with E-state index in [1.165, 1.54) is 0 Å². The summed E-state index contributed by atoms with van der Waals surface area (Å²) in [5.41, 5.74) is 2.77. The summed E-state index contributed by atoms with van der Waals surface area (Å²) in [6.45, 7) is 3.86. The Bertz CT molecular complexity index is 602. The van der Waals surface area contributed by atoms with Gasteiger partial charge >= 0.3 is 0 Å². The van der Waals surface area contributed by atoms with Crippen molar-refractivity contribution in [2.75, 3.05) is 5.32 Å². The van der Waals surface area contributed by atoms with Crippen molar-refractivity contribution in [2.24, 2.45) is 0 Å². The maximum atomic E-state index is 5.94. The third kappa shape index (κ3) is 2.76. The molecular formula is C12H10BrCl2N3. The number of hydrogen-bond donors (Lipinski definition) is 1. The Kier molecular flexibility index (Phi) is 4.10. The van der Waals surface area contributed by atoms with Crippen molar-refractivity contribution in [3.8, 4) is 0 Å². The lowest BCUT2D eigenvalue weighted by molar-refractivity contribution is 1.00. The van der Waals surface area contributed by atoms with Crippen LogP contribution in [0.1, 0.15) is 11.1 Å². The molecule has 94 valence electrons. The fourth-order valence-electron chi connectivity index (χ4n) is 1.41. The van der Waals surface area contributed by atoms with Gasteiger partial charge in [-0.3, -0.25) is 0 Å².